The number of aryl methyl sites for hydroxylation is 2. The van der Waals surface area contributed by atoms with Gasteiger partial charge in [-0.15, -0.1) is 0 Å². The lowest BCUT2D eigenvalue weighted by Gasteiger charge is -2.35. The lowest BCUT2D eigenvalue weighted by Crippen LogP contribution is -2.51. The molecule has 1 fully saturated rings. The fraction of sp³-hybridized carbons (Fsp3) is 0.636. The third-order valence-corrected chi connectivity index (χ3v) is 4.69. The van der Waals surface area contributed by atoms with E-state index in [4.69, 9.17) is 9.47 Å². The standard InChI is InChI=1S/C22H35N3O4/c1-17-6-7-19(18(2)16-17)28-15-8-20(26)23-9-10-24-11-13-25(14-12-24)21(27)29-22(3,4)5/h6-7,16H,8-15H2,1-5H3,(H,23,26). The summed E-state index contributed by atoms with van der Waals surface area (Å²) in [4.78, 5) is 28.1. The Bertz CT molecular complexity index is 692. The van der Waals surface area contributed by atoms with Crippen molar-refractivity contribution in [2.75, 3.05) is 45.9 Å². The molecule has 29 heavy (non-hydrogen) atoms. The number of nitrogens with zero attached hydrogens (tertiary/aromatic N) is 2. The Labute approximate surface area is 174 Å². The van der Waals surface area contributed by atoms with E-state index in [0.29, 0.717) is 32.7 Å². The highest BCUT2D eigenvalue weighted by atomic mass is 16.6. The van der Waals surface area contributed by atoms with Crippen LogP contribution in [-0.4, -0.2) is 73.3 Å². The minimum Gasteiger partial charge on any atom is -0.493 e. The Balaban J connectivity index is 1.58. The summed E-state index contributed by atoms with van der Waals surface area (Å²) in [5.41, 5.74) is 1.80. The molecule has 7 nitrogen and oxygen atoms in total. The van der Waals surface area contributed by atoms with Crippen LogP contribution in [0.2, 0.25) is 0 Å². The van der Waals surface area contributed by atoms with Gasteiger partial charge in [-0.05, 0) is 46.2 Å². The predicted molar refractivity (Wildman–Crippen MR) is 113 cm³/mol. The van der Waals surface area contributed by atoms with Crippen LogP contribution < -0.4 is 10.1 Å². The molecule has 0 aromatic heterocycles. The summed E-state index contributed by atoms with van der Waals surface area (Å²) < 4.78 is 11.1. The fourth-order valence-electron chi connectivity index (χ4n) is 3.14. The minimum absolute atomic E-state index is 0.0119. The first-order valence-corrected chi connectivity index (χ1v) is 10.3. The third kappa shape index (κ3) is 8.31. The predicted octanol–water partition coefficient (Wildman–Crippen LogP) is 2.74. The summed E-state index contributed by atoms with van der Waals surface area (Å²) in [5, 5.41) is 2.94. The first kappa shape index (κ1) is 23.0. The maximum absolute atomic E-state index is 12.1. The molecule has 0 bridgehead atoms. The topological polar surface area (TPSA) is 71.1 Å². The molecule has 0 spiro atoms. The maximum Gasteiger partial charge on any atom is 0.410 e. The molecule has 0 atom stereocenters. The summed E-state index contributed by atoms with van der Waals surface area (Å²) >= 11 is 0. The highest BCUT2D eigenvalue weighted by molar-refractivity contribution is 5.76. The summed E-state index contributed by atoms with van der Waals surface area (Å²) in [6.45, 7) is 14.2. The zero-order chi connectivity index (χ0) is 21.4. The van der Waals surface area contributed by atoms with Crippen molar-refractivity contribution < 1.29 is 19.1 Å². The molecule has 7 heteroatoms. The first-order chi connectivity index (χ1) is 13.6. The lowest BCUT2D eigenvalue weighted by molar-refractivity contribution is -0.121. The molecule has 0 unspecified atom stereocenters. The Morgan fingerprint density at radius 3 is 2.41 bits per heavy atom. The van der Waals surface area contributed by atoms with Crippen LogP contribution >= 0.6 is 0 Å². The monoisotopic (exact) mass is 405 g/mol. The van der Waals surface area contributed by atoms with E-state index in [0.717, 1.165) is 30.9 Å². The first-order valence-electron chi connectivity index (χ1n) is 10.3. The van der Waals surface area contributed by atoms with E-state index in [-0.39, 0.29) is 12.0 Å². The zero-order valence-electron chi connectivity index (χ0n) is 18.4. The van der Waals surface area contributed by atoms with Crippen LogP contribution in [0.4, 0.5) is 4.79 Å². The summed E-state index contributed by atoms with van der Waals surface area (Å²) in [6.07, 6.45) is 0.0778. The molecule has 1 saturated heterocycles. The van der Waals surface area contributed by atoms with Gasteiger partial charge in [0, 0.05) is 39.3 Å². The smallest absolute Gasteiger partial charge is 0.410 e. The van der Waals surface area contributed by atoms with E-state index in [1.807, 2.05) is 46.8 Å². The average Bonchev–Trinajstić information content (AvgIpc) is 2.62. The van der Waals surface area contributed by atoms with Crippen molar-refractivity contribution in [3.05, 3.63) is 29.3 Å². The van der Waals surface area contributed by atoms with Crippen LogP contribution in [0.25, 0.3) is 0 Å². The Morgan fingerprint density at radius 1 is 1.10 bits per heavy atom. The highest BCUT2D eigenvalue weighted by Crippen LogP contribution is 2.18. The van der Waals surface area contributed by atoms with Gasteiger partial charge in [-0.3, -0.25) is 9.69 Å². The average molecular weight is 406 g/mol. The van der Waals surface area contributed by atoms with Crippen molar-refractivity contribution in [3.8, 4) is 5.75 Å². The normalized spacial score (nSPS) is 15.1. The molecule has 1 N–H and O–H groups in total. The molecule has 0 saturated carbocycles. The Morgan fingerprint density at radius 2 is 1.79 bits per heavy atom. The van der Waals surface area contributed by atoms with E-state index in [2.05, 4.69) is 16.3 Å². The minimum atomic E-state index is -0.472. The van der Waals surface area contributed by atoms with Gasteiger partial charge in [-0.1, -0.05) is 17.7 Å². The van der Waals surface area contributed by atoms with Gasteiger partial charge in [0.05, 0.1) is 13.0 Å². The number of hydrogen-bond acceptors (Lipinski definition) is 5. The van der Waals surface area contributed by atoms with Crippen molar-refractivity contribution >= 4 is 12.0 Å². The summed E-state index contributed by atoms with van der Waals surface area (Å²) in [7, 11) is 0. The van der Waals surface area contributed by atoms with E-state index >= 15 is 0 Å². The molecule has 1 aliphatic rings. The molecular formula is C22H35N3O4. The van der Waals surface area contributed by atoms with Gasteiger partial charge < -0.3 is 19.7 Å². The molecule has 1 heterocycles. The Hall–Kier alpha value is -2.28. The molecule has 1 aromatic carbocycles. The van der Waals surface area contributed by atoms with Gasteiger partial charge in [0.2, 0.25) is 5.91 Å². The molecule has 1 aliphatic heterocycles. The number of amides is 2. The van der Waals surface area contributed by atoms with E-state index in [1.165, 1.54) is 5.56 Å². The zero-order valence-corrected chi connectivity index (χ0v) is 18.4. The van der Waals surface area contributed by atoms with Gasteiger partial charge in [0.15, 0.2) is 0 Å². The quantitative estimate of drug-likeness (QED) is 0.755. The number of carbonyl (C=O) groups excluding carboxylic acids is 2. The second kappa shape index (κ2) is 10.5. The number of piperazine rings is 1. The highest BCUT2D eigenvalue weighted by Gasteiger charge is 2.25. The van der Waals surface area contributed by atoms with Gasteiger partial charge in [-0.2, -0.15) is 0 Å². The van der Waals surface area contributed by atoms with Gasteiger partial charge in [0.25, 0.3) is 0 Å². The van der Waals surface area contributed by atoms with E-state index in [1.54, 1.807) is 4.90 Å². The molecule has 2 amide bonds. The molecule has 1 aromatic rings. The number of rotatable bonds is 7. The second-order valence-electron chi connectivity index (χ2n) is 8.53. The summed E-state index contributed by atoms with van der Waals surface area (Å²) in [5.74, 6) is 0.813. The van der Waals surface area contributed by atoms with Crippen LogP contribution in [0.15, 0.2) is 18.2 Å². The van der Waals surface area contributed by atoms with Crippen LogP contribution in [0.1, 0.15) is 38.3 Å². The molecule has 0 aliphatic carbocycles. The lowest BCUT2D eigenvalue weighted by atomic mass is 10.1. The van der Waals surface area contributed by atoms with Crippen LogP contribution in [-0.2, 0) is 9.53 Å². The number of carbonyl (C=O) groups is 2. The van der Waals surface area contributed by atoms with Gasteiger partial charge in [0.1, 0.15) is 11.4 Å². The molecule has 162 valence electrons. The van der Waals surface area contributed by atoms with E-state index in [9.17, 15) is 9.59 Å². The van der Waals surface area contributed by atoms with Gasteiger partial charge >= 0.3 is 6.09 Å². The van der Waals surface area contributed by atoms with E-state index < -0.39 is 5.60 Å². The number of benzene rings is 1. The van der Waals surface area contributed by atoms with Crippen molar-refractivity contribution in [2.24, 2.45) is 0 Å². The van der Waals surface area contributed by atoms with Crippen LogP contribution in [0.3, 0.4) is 0 Å². The van der Waals surface area contributed by atoms with Crippen molar-refractivity contribution in [3.63, 3.8) is 0 Å². The SMILES string of the molecule is Cc1ccc(OCCC(=O)NCCN2CCN(C(=O)OC(C)(C)C)CC2)c(C)c1. The van der Waals surface area contributed by atoms with Crippen molar-refractivity contribution in [1.29, 1.82) is 0 Å². The molecule has 0 radical (unpaired) electrons. The molecular weight excluding hydrogens is 370 g/mol. The van der Waals surface area contributed by atoms with Crippen molar-refractivity contribution in [2.45, 2.75) is 46.6 Å². The van der Waals surface area contributed by atoms with Crippen LogP contribution in [0, 0.1) is 13.8 Å². The van der Waals surface area contributed by atoms with Crippen LogP contribution in [0.5, 0.6) is 5.75 Å². The maximum atomic E-state index is 12.1. The number of ether oxygens (including phenoxy) is 2. The van der Waals surface area contributed by atoms with Crippen molar-refractivity contribution in [1.82, 2.24) is 15.1 Å². The Kier molecular flexibility index (Phi) is 8.32. The summed E-state index contributed by atoms with van der Waals surface area (Å²) in [6, 6.07) is 6.02. The number of hydrogen-bond donors (Lipinski definition) is 1. The largest absolute Gasteiger partial charge is 0.493 e. The fourth-order valence-corrected chi connectivity index (χ4v) is 3.14. The number of nitrogens with one attached hydrogen (secondary N) is 1. The second-order valence-corrected chi connectivity index (χ2v) is 8.53. The third-order valence-electron chi connectivity index (χ3n) is 4.69. The molecule has 2 rings (SSSR count). The van der Waals surface area contributed by atoms with Gasteiger partial charge in [-0.25, -0.2) is 4.79 Å².